The topological polar surface area (TPSA) is 67.2 Å². The van der Waals surface area contributed by atoms with Crippen LogP contribution in [-0.4, -0.2) is 30.0 Å². The van der Waals surface area contributed by atoms with Crippen molar-refractivity contribution in [2.24, 2.45) is 0 Å². The molecule has 0 aromatic carbocycles. The molecule has 2 N–H and O–H groups in total. The molecule has 106 valence electrons. The first-order chi connectivity index (χ1) is 9.72. The van der Waals surface area contributed by atoms with Gasteiger partial charge in [-0.05, 0) is 31.3 Å². The minimum atomic E-state index is 0.00725. The second kappa shape index (κ2) is 5.76. The Hall–Kier alpha value is -1.66. The lowest BCUT2D eigenvalue weighted by Gasteiger charge is -2.10. The van der Waals surface area contributed by atoms with Crippen LogP contribution in [0.5, 0.6) is 0 Å². The Morgan fingerprint density at radius 3 is 3.25 bits per heavy atom. The molecule has 3 heterocycles. The van der Waals surface area contributed by atoms with Crippen molar-refractivity contribution in [3.05, 3.63) is 29.0 Å². The first-order valence-corrected chi connectivity index (χ1v) is 7.60. The lowest BCUT2D eigenvalue weighted by Crippen LogP contribution is -2.37. The number of amides is 1. The smallest absolute Gasteiger partial charge is 0.236 e. The first kappa shape index (κ1) is 13.3. The second-order valence-corrected chi connectivity index (χ2v) is 5.88. The van der Waals surface area contributed by atoms with Gasteiger partial charge in [0.15, 0.2) is 0 Å². The number of thiophene rings is 1. The molecule has 1 aliphatic rings. The number of aromatic nitrogens is 1. The van der Waals surface area contributed by atoms with Crippen LogP contribution in [0.3, 0.4) is 0 Å². The second-order valence-electron chi connectivity index (χ2n) is 4.93. The van der Waals surface area contributed by atoms with Crippen molar-refractivity contribution < 1.29 is 9.21 Å². The summed E-state index contributed by atoms with van der Waals surface area (Å²) in [6, 6.07) is 4.16. The maximum Gasteiger partial charge on any atom is 0.236 e. The molecule has 2 aromatic rings. The van der Waals surface area contributed by atoms with Gasteiger partial charge in [-0.2, -0.15) is 0 Å². The van der Waals surface area contributed by atoms with Gasteiger partial charge >= 0.3 is 0 Å². The molecule has 1 atom stereocenters. The molecule has 0 aliphatic carbocycles. The molecule has 1 fully saturated rings. The van der Waals surface area contributed by atoms with Crippen LogP contribution in [0.2, 0.25) is 0 Å². The van der Waals surface area contributed by atoms with Gasteiger partial charge in [0.25, 0.3) is 0 Å². The predicted octanol–water partition coefficient (Wildman–Crippen LogP) is 1.73. The molecule has 0 bridgehead atoms. The van der Waals surface area contributed by atoms with E-state index in [2.05, 4.69) is 15.6 Å². The van der Waals surface area contributed by atoms with Crippen LogP contribution in [0.25, 0.3) is 10.8 Å². The number of oxazole rings is 1. The molecule has 3 rings (SSSR count). The third-order valence-corrected chi connectivity index (χ3v) is 4.24. The lowest BCUT2D eigenvalue weighted by atomic mass is 10.2. The number of hydrogen-bond acceptors (Lipinski definition) is 5. The molecule has 1 saturated heterocycles. The van der Waals surface area contributed by atoms with Crippen LogP contribution in [0, 0.1) is 6.92 Å². The standard InChI is InChI=1S/C14H17N3O2S/c1-9-11(7-13(18)16-10-4-5-15-8-10)17-14(19-9)12-3-2-6-20-12/h2-3,6,10,15H,4-5,7-8H2,1H3,(H,16,18). The Labute approximate surface area is 121 Å². The Kier molecular flexibility index (Phi) is 3.84. The Balaban J connectivity index is 1.66. The zero-order chi connectivity index (χ0) is 13.9. The van der Waals surface area contributed by atoms with E-state index in [-0.39, 0.29) is 18.4 Å². The van der Waals surface area contributed by atoms with Crippen molar-refractivity contribution in [2.75, 3.05) is 13.1 Å². The van der Waals surface area contributed by atoms with E-state index < -0.39 is 0 Å². The fourth-order valence-electron chi connectivity index (χ4n) is 2.31. The zero-order valence-electron chi connectivity index (χ0n) is 11.3. The molecule has 6 heteroatoms. The van der Waals surface area contributed by atoms with Crippen molar-refractivity contribution in [1.82, 2.24) is 15.6 Å². The first-order valence-electron chi connectivity index (χ1n) is 6.72. The van der Waals surface area contributed by atoms with Crippen LogP contribution in [0.1, 0.15) is 17.9 Å². The predicted molar refractivity (Wildman–Crippen MR) is 77.7 cm³/mol. The van der Waals surface area contributed by atoms with Gasteiger partial charge in [-0.25, -0.2) is 4.98 Å². The van der Waals surface area contributed by atoms with Gasteiger partial charge in [0, 0.05) is 12.6 Å². The Bertz CT molecular complexity index is 586. The van der Waals surface area contributed by atoms with Crippen LogP contribution in [-0.2, 0) is 11.2 Å². The summed E-state index contributed by atoms with van der Waals surface area (Å²) in [5, 5.41) is 8.23. The Morgan fingerprint density at radius 1 is 1.65 bits per heavy atom. The molecule has 20 heavy (non-hydrogen) atoms. The molecule has 1 amide bonds. The summed E-state index contributed by atoms with van der Waals surface area (Å²) < 4.78 is 5.64. The Morgan fingerprint density at radius 2 is 2.55 bits per heavy atom. The number of carbonyl (C=O) groups is 1. The van der Waals surface area contributed by atoms with E-state index in [1.54, 1.807) is 11.3 Å². The minimum absolute atomic E-state index is 0.00725. The van der Waals surface area contributed by atoms with Crippen molar-refractivity contribution in [1.29, 1.82) is 0 Å². The minimum Gasteiger partial charge on any atom is -0.440 e. The average molecular weight is 291 g/mol. The zero-order valence-corrected chi connectivity index (χ0v) is 12.1. The SMILES string of the molecule is Cc1oc(-c2cccs2)nc1CC(=O)NC1CCNC1. The van der Waals surface area contributed by atoms with Crippen molar-refractivity contribution >= 4 is 17.2 Å². The van der Waals surface area contributed by atoms with Crippen LogP contribution >= 0.6 is 11.3 Å². The van der Waals surface area contributed by atoms with E-state index in [1.165, 1.54) is 0 Å². The highest BCUT2D eigenvalue weighted by Gasteiger charge is 2.19. The molecule has 2 aromatic heterocycles. The van der Waals surface area contributed by atoms with Crippen LogP contribution in [0.4, 0.5) is 0 Å². The molecular weight excluding hydrogens is 274 g/mol. The third-order valence-electron chi connectivity index (χ3n) is 3.38. The summed E-state index contributed by atoms with van der Waals surface area (Å²) in [6.07, 6.45) is 1.27. The normalized spacial score (nSPS) is 18.4. The van der Waals surface area contributed by atoms with Gasteiger partial charge in [0.1, 0.15) is 5.76 Å². The summed E-state index contributed by atoms with van der Waals surface area (Å²) >= 11 is 1.58. The number of aryl methyl sites for hydroxylation is 1. The van der Waals surface area contributed by atoms with E-state index in [0.717, 1.165) is 30.1 Å². The number of nitrogens with one attached hydrogen (secondary N) is 2. The van der Waals surface area contributed by atoms with Gasteiger partial charge < -0.3 is 15.1 Å². The number of nitrogens with zero attached hydrogens (tertiary/aromatic N) is 1. The summed E-state index contributed by atoms with van der Waals surface area (Å²) in [7, 11) is 0. The molecule has 0 radical (unpaired) electrons. The fourth-order valence-corrected chi connectivity index (χ4v) is 2.96. The summed E-state index contributed by atoms with van der Waals surface area (Å²) in [5.41, 5.74) is 0.719. The largest absolute Gasteiger partial charge is 0.440 e. The van der Waals surface area contributed by atoms with E-state index in [0.29, 0.717) is 11.7 Å². The maximum atomic E-state index is 12.0. The summed E-state index contributed by atoms with van der Waals surface area (Å²) in [5.74, 6) is 1.32. The molecule has 0 saturated carbocycles. The molecule has 1 aliphatic heterocycles. The average Bonchev–Trinajstić information content (AvgIpc) is 3.12. The quantitative estimate of drug-likeness (QED) is 0.900. The summed E-state index contributed by atoms with van der Waals surface area (Å²) in [6.45, 7) is 3.67. The van der Waals surface area contributed by atoms with Gasteiger partial charge in [-0.3, -0.25) is 4.79 Å². The highest BCUT2D eigenvalue weighted by atomic mass is 32.1. The third kappa shape index (κ3) is 2.91. The lowest BCUT2D eigenvalue weighted by molar-refractivity contribution is -0.121. The van der Waals surface area contributed by atoms with Gasteiger partial charge in [-0.15, -0.1) is 11.3 Å². The number of carbonyl (C=O) groups excluding carboxylic acids is 1. The van der Waals surface area contributed by atoms with Gasteiger partial charge in [-0.1, -0.05) is 6.07 Å². The highest BCUT2D eigenvalue weighted by molar-refractivity contribution is 7.13. The monoisotopic (exact) mass is 291 g/mol. The van der Waals surface area contributed by atoms with Crippen molar-refractivity contribution in [3.8, 4) is 10.8 Å². The van der Waals surface area contributed by atoms with Crippen molar-refractivity contribution in [3.63, 3.8) is 0 Å². The van der Waals surface area contributed by atoms with E-state index in [1.807, 2.05) is 24.4 Å². The molecule has 1 unspecified atom stereocenters. The maximum absolute atomic E-state index is 12.0. The van der Waals surface area contributed by atoms with Gasteiger partial charge in [0.2, 0.25) is 11.8 Å². The number of rotatable bonds is 4. The molecule has 5 nitrogen and oxygen atoms in total. The fraction of sp³-hybridized carbons (Fsp3) is 0.429. The van der Waals surface area contributed by atoms with Crippen LogP contribution in [0.15, 0.2) is 21.9 Å². The van der Waals surface area contributed by atoms with E-state index in [4.69, 9.17) is 4.42 Å². The molecular formula is C14H17N3O2S. The van der Waals surface area contributed by atoms with E-state index >= 15 is 0 Å². The van der Waals surface area contributed by atoms with Crippen molar-refractivity contribution in [2.45, 2.75) is 25.8 Å². The number of hydrogen-bond donors (Lipinski definition) is 2. The van der Waals surface area contributed by atoms with E-state index in [9.17, 15) is 4.79 Å². The molecule has 0 spiro atoms. The highest BCUT2D eigenvalue weighted by Crippen LogP contribution is 2.26. The van der Waals surface area contributed by atoms with Crippen LogP contribution < -0.4 is 10.6 Å². The summed E-state index contributed by atoms with van der Waals surface area (Å²) in [4.78, 5) is 17.4. The van der Waals surface area contributed by atoms with Gasteiger partial charge in [0.05, 0.1) is 17.0 Å².